The summed E-state index contributed by atoms with van der Waals surface area (Å²) in [6, 6.07) is 12.4. The first kappa shape index (κ1) is 23.4. The summed E-state index contributed by atoms with van der Waals surface area (Å²) in [7, 11) is 3.17. The van der Waals surface area contributed by atoms with E-state index in [0.717, 1.165) is 5.56 Å². The number of rotatable bonds is 5. The van der Waals surface area contributed by atoms with Crippen molar-refractivity contribution in [2.75, 3.05) is 27.3 Å². The van der Waals surface area contributed by atoms with Crippen LogP contribution in [0.1, 0.15) is 24.3 Å². The monoisotopic (exact) mass is 489 g/mol. The zero-order valence-electron chi connectivity index (χ0n) is 18.8. The average Bonchev–Trinajstić information content (AvgIpc) is 3.24. The van der Waals surface area contributed by atoms with E-state index in [-0.39, 0.29) is 18.1 Å². The molecule has 3 aromatic rings. The lowest BCUT2D eigenvalue weighted by Gasteiger charge is -2.35. The van der Waals surface area contributed by atoms with E-state index in [1.54, 1.807) is 54.1 Å². The van der Waals surface area contributed by atoms with Gasteiger partial charge in [-0.25, -0.2) is 4.68 Å². The Balaban J connectivity index is 1.83. The second kappa shape index (κ2) is 9.63. The van der Waals surface area contributed by atoms with Crippen molar-refractivity contribution in [1.82, 2.24) is 14.7 Å². The molecule has 2 heterocycles. The maximum absolute atomic E-state index is 13.6. The number of methoxy groups -OCH3 is 2. The van der Waals surface area contributed by atoms with Gasteiger partial charge in [-0.05, 0) is 50.2 Å². The van der Waals surface area contributed by atoms with Crippen LogP contribution in [0.15, 0.2) is 42.5 Å². The molecular weight excluding hydrogens is 465 g/mol. The summed E-state index contributed by atoms with van der Waals surface area (Å²) in [6.07, 6.45) is -0.111. The Kier molecular flexibility index (Phi) is 6.83. The number of amides is 1. The SMILES string of the molecule is COc1ccc(-c2cc(C(=O)N3CC(C)OC(C)C3)n(-c3ccc(Cl)c(Cl)c3)n2)c(OC)c1. The van der Waals surface area contributed by atoms with Gasteiger partial charge in [0.05, 0.1) is 47.9 Å². The fourth-order valence-electron chi connectivity index (χ4n) is 3.99. The van der Waals surface area contributed by atoms with Crippen molar-refractivity contribution in [3.63, 3.8) is 0 Å². The minimum absolute atomic E-state index is 0.0554. The zero-order valence-corrected chi connectivity index (χ0v) is 20.4. The predicted molar refractivity (Wildman–Crippen MR) is 128 cm³/mol. The summed E-state index contributed by atoms with van der Waals surface area (Å²) < 4.78 is 18.2. The van der Waals surface area contributed by atoms with E-state index in [9.17, 15) is 4.79 Å². The number of carbonyl (C=O) groups is 1. The molecule has 1 aliphatic rings. The third-order valence-corrected chi connectivity index (χ3v) is 6.21. The van der Waals surface area contributed by atoms with Crippen LogP contribution in [0, 0.1) is 0 Å². The largest absolute Gasteiger partial charge is 0.497 e. The summed E-state index contributed by atoms with van der Waals surface area (Å²) in [6.45, 7) is 4.91. The first-order valence-electron chi connectivity index (χ1n) is 10.5. The van der Waals surface area contributed by atoms with Gasteiger partial charge in [-0.3, -0.25) is 4.79 Å². The summed E-state index contributed by atoms with van der Waals surface area (Å²) in [4.78, 5) is 15.4. The molecule has 1 aromatic heterocycles. The van der Waals surface area contributed by atoms with Gasteiger partial charge >= 0.3 is 0 Å². The Morgan fingerprint density at radius 1 is 1.00 bits per heavy atom. The molecule has 0 spiro atoms. The number of ether oxygens (including phenoxy) is 3. The van der Waals surface area contributed by atoms with Gasteiger partial charge in [-0.2, -0.15) is 5.10 Å². The molecule has 2 atom stereocenters. The highest BCUT2D eigenvalue weighted by atomic mass is 35.5. The van der Waals surface area contributed by atoms with E-state index < -0.39 is 0 Å². The molecule has 4 rings (SSSR count). The van der Waals surface area contributed by atoms with Crippen molar-refractivity contribution in [3.05, 3.63) is 58.2 Å². The number of halogens is 2. The lowest BCUT2D eigenvalue weighted by molar-refractivity contribution is -0.0588. The minimum Gasteiger partial charge on any atom is -0.497 e. The van der Waals surface area contributed by atoms with Gasteiger partial charge < -0.3 is 19.1 Å². The average molecular weight is 490 g/mol. The van der Waals surface area contributed by atoms with Gasteiger partial charge in [0.25, 0.3) is 5.91 Å². The highest BCUT2D eigenvalue weighted by molar-refractivity contribution is 6.42. The van der Waals surface area contributed by atoms with E-state index >= 15 is 0 Å². The number of nitrogens with zero attached hydrogens (tertiary/aromatic N) is 3. The highest BCUT2D eigenvalue weighted by Crippen LogP contribution is 2.34. The fourth-order valence-corrected chi connectivity index (χ4v) is 4.29. The van der Waals surface area contributed by atoms with Gasteiger partial charge in [0, 0.05) is 24.7 Å². The van der Waals surface area contributed by atoms with Gasteiger partial charge in [-0.1, -0.05) is 23.2 Å². The topological polar surface area (TPSA) is 65.8 Å². The van der Waals surface area contributed by atoms with E-state index in [0.29, 0.717) is 51.7 Å². The molecule has 9 heteroatoms. The molecule has 0 bridgehead atoms. The molecule has 1 amide bonds. The van der Waals surface area contributed by atoms with Crippen LogP contribution in [0.2, 0.25) is 10.0 Å². The molecule has 33 heavy (non-hydrogen) atoms. The van der Waals surface area contributed by atoms with E-state index in [2.05, 4.69) is 0 Å². The summed E-state index contributed by atoms with van der Waals surface area (Å²) in [5.41, 5.74) is 2.34. The lowest BCUT2D eigenvalue weighted by atomic mass is 10.1. The molecule has 1 fully saturated rings. The number of benzene rings is 2. The van der Waals surface area contributed by atoms with Crippen molar-refractivity contribution in [2.24, 2.45) is 0 Å². The smallest absolute Gasteiger partial charge is 0.272 e. The lowest BCUT2D eigenvalue weighted by Crippen LogP contribution is -2.48. The van der Waals surface area contributed by atoms with Crippen LogP contribution >= 0.6 is 23.2 Å². The Hall–Kier alpha value is -2.74. The number of aromatic nitrogens is 2. The third-order valence-electron chi connectivity index (χ3n) is 5.47. The Morgan fingerprint density at radius 2 is 1.73 bits per heavy atom. The standard InChI is InChI=1S/C24H25Cl2N3O4/c1-14-12-28(13-15(2)33-14)24(30)22-11-21(18-7-6-17(31-3)10-23(18)32-4)27-29(22)16-5-8-19(25)20(26)9-16/h5-11,14-15H,12-13H2,1-4H3. The first-order valence-corrected chi connectivity index (χ1v) is 11.3. The Bertz CT molecular complexity index is 1170. The van der Waals surface area contributed by atoms with Crippen LogP contribution in [0.4, 0.5) is 0 Å². The summed E-state index contributed by atoms with van der Waals surface area (Å²) in [5, 5.41) is 5.55. The van der Waals surface area contributed by atoms with Crippen LogP contribution < -0.4 is 9.47 Å². The van der Waals surface area contributed by atoms with E-state index in [1.165, 1.54) is 0 Å². The van der Waals surface area contributed by atoms with E-state index in [1.807, 2.05) is 26.0 Å². The molecular formula is C24H25Cl2N3O4. The molecule has 0 saturated carbocycles. The molecule has 174 valence electrons. The summed E-state index contributed by atoms with van der Waals surface area (Å²) >= 11 is 12.4. The van der Waals surface area contributed by atoms with Crippen molar-refractivity contribution in [2.45, 2.75) is 26.1 Å². The van der Waals surface area contributed by atoms with E-state index in [4.69, 9.17) is 42.5 Å². The van der Waals surface area contributed by atoms with Gasteiger partial charge in [0.2, 0.25) is 0 Å². The number of hydrogen-bond donors (Lipinski definition) is 0. The van der Waals surface area contributed by atoms with Crippen molar-refractivity contribution < 1.29 is 19.0 Å². The molecule has 0 radical (unpaired) electrons. The molecule has 0 N–H and O–H groups in total. The molecule has 1 saturated heterocycles. The predicted octanol–water partition coefficient (Wildman–Crippen LogP) is 5.11. The van der Waals surface area contributed by atoms with Gasteiger partial charge in [0.15, 0.2) is 0 Å². The number of hydrogen-bond acceptors (Lipinski definition) is 5. The second-order valence-corrected chi connectivity index (χ2v) is 8.77. The molecule has 2 unspecified atom stereocenters. The normalized spacial score (nSPS) is 18.3. The Labute approximate surface area is 202 Å². The Morgan fingerprint density at radius 3 is 2.36 bits per heavy atom. The quantitative estimate of drug-likeness (QED) is 0.497. The number of morpholine rings is 1. The fraction of sp³-hybridized carbons (Fsp3) is 0.333. The van der Waals surface area contributed by atoms with Gasteiger partial charge in [0.1, 0.15) is 17.2 Å². The maximum atomic E-state index is 13.6. The second-order valence-electron chi connectivity index (χ2n) is 7.96. The third kappa shape index (κ3) is 4.81. The van der Waals surface area contributed by atoms with Gasteiger partial charge in [-0.15, -0.1) is 0 Å². The van der Waals surface area contributed by atoms with Crippen LogP contribution in [0.25, 0.3) is 16.9 Å². The first-order chi connectivity index (χ1) is 15.8. The van der Waals surface area contributed by atoms with Crippen molar-refractivity contribution in [1.29, 1.82) is 0 Å². The molecule has 7 nitrogen and oxygen atoms in total. The van der Waals surface area contributed by atoms with Crippen LogP contribution in [-0.2, 0) is 4.74 Å². The van der Waals surface area contributed by atoms with Crippen molar-refractivity contribution >= 4 is 29.1 Å². The highest BCUT2D eigenvalue weighted by Gasteiger charge is 2.30. The van der Waals surface area contributed by atoms with Crippen LogP contribution in [0.3, 0.4) is 0 Å². The molecule has 1 aliphatic heterocycles. The minimum atomic E-state index is -0.144. The van der Waals surface area contributed by atoms with Crippen molar-refractivity contribution in [3.8, 4) is 28.4 Å². The number of carbonyl (C=O) groups excluding carboxylic acids is 1. The maximum Gasteiger partial charge on any atom is 0.272 e. The van der Waals surface area contributed by atoms with Crippen LogP contribution in [0.5, 0.6) is 11.5 Å². The molecule has 2 aromatic carbocycles. The summed E-state index contributed by atoms with van der Waals surface area (Å²) in [5.74, 6) is 1.10. The zero-order chi connectivity index (χ0) is 23.7. The molecule has 0 aliphatic carbocycles. The van der Waals surface area contributed by atoms with Crippen LogP contribution in [-0.4, -0.2) is 60.1 Å².